The lowest BCUT2D eigenvalue weighted by Gasteiger charge is -2.38. The summed E-state index contributed by atoms with van der Waals surface area (Å²) in [6.07, 6.45) is 4.49. The molecule has 1 aromatic rings. The Balaban J connectivity index is 1.72. The van der Waals surface area contributed by atoms with Gasteiger partial charge >= 0.3 is 0 Å². The fraction of sp³-hybridized carbons (Fsp3) is 0.625. The van der Waals surface area contributed by atoms with E-state index in [1.165, 1.54) is 30.4 Å². The average Bonchev–Trinajstić information content (AvgIpc) is 2.82. The number of aliphatic hydroxyl groups excluding tert-OH is 1. The van der Waals surface area contributed by atoms with Crippen molar-refractivity contribution in [3.8, 4) is 0 Å². The van der Waals surface area contributed by atoms with Crippen molar-refractivity contribution in [3.63, 3.8) is 0 Å². The van der Waals surface area contributed by atoms with Crippen LogP contribution >= 0.6 is 0 Å². The third-order valence-corrected chi connectivity index (χ3v) is 4.80. The monoisotopic (exact) mass is 245 g/mol. The minimum atomic E-state index is -0.123. The van der Waals surface area contributed by atoms with Crippen molar-refractivity contribution in [3.05, 3.63) is 35.4 Å². The Morgan fingerprint density at radius 2 is 1.83 bits per heavy atom. The summed E-state index contributed by atoms with van der Waals surface area (Å²) in [4.78, 5) is 2.48. The van der Waals surface area contributed by atoms with Crippen molar-refractivity contribution in [1.82, 2.24) is 4.90 Å². The van der Waals surface area contributed by atoms with Gasteiger partial charge in [-0.15, -0.1) is 0 Å². The standard InChI is InChI=1S/C16H23NO/c1-2-12-7-8-16(18)15(9-12)17-10-13-5-3-4-6-14(13)11-17/h3-6,12,15-16,18H,2,7-11H2,1H3. The summed E-state index contributed by atoms with van der Waals surface area (Å²) in [5.74, 6) is 0.808. The fourth-order valence-electron chi connectivity index (χ4n) is 3.57. The van der Waals surface area contributed by atoms with Crippen LogP contribution in [0.15, 0.2) is 24.3 Å². The molecule has 0 amide bonds. The van der Waals surface area contributed by atoms with Gasteiger partial charge in [0.15, 0.2) is 0 Å². The molecule has 1 aliphatic heterocycles. The first-order chi connectivity index (χ1) is 8.78. The maximum absolute atomic E-state index is 10.3. The van der Waals surface area contributed by atoms with Gasteiger partial charge in [-0.3, -0.25) is 4.90 Å². The molecule has 1 aromatic carbocycles. The van der Waals surface area contributed by atoms with E-state index < -0.39 is 0 Å². The van der Waals surface area contributed by atoms with Crippen LogP contribution in [0, 0.1) is 5.92 Å². The number of hydrogen-bond acceptors (Lipinski definition) is 2. The SMILES string of the molecule is CCC1CCC(O)C(N2Cc3ccccc3C2)C1. The Morgan fingerprint density at radius 1 is 1.17 bits per heavy atom. The molecule has 1 saturated carbocycles. The number of aliphatic hydroxyl groups is 1. The maximum atomic E-state index is 10.3. The molecule has 3 rings (SSSR count). The molecule has 0 saturated heterocycles. The zero-order chi connectivity index (χ0) is 12.5. The summed E-state index contributed by atoms with van der Waals surface area (Å²) >= 11 is 0. The van der Waals surface area contributed by atoms with Crippen molar-refractivity contribution in [2.45, 2.75) is 57.8 Å². The molecule has 2 heteroatoms. The highest BCUT2D eigenvalue weighted by Crippen LogP contribution is 2.34. The summed E-state index contributed by atoms with van der Waals surface area (Å²) in [5.41, 5.74) is 2.90. The molecular weight excluding hydrogens is 222 g/mol. The molecule has 1 heterocycles. The quantitative estimate of drug-likeness (QED) is 0.866. The van der Waals surface area contributed by atoms with Crippen LogP contribution in [0.4, 0.5) is 0 Å². The second-order valence-electron chi connectivity index (χ2n) is 5.90. The van der Waals surface area contributed by atoms with Gasteiger partial charge in [-0.05, 0) is 36.3 Å². The van der Waals surface area contributed by atoms with Gasteiger partial charge in [0.1, 0.15) is 0 Å². The molecule has 2 aliphatic rings. The van der Waals surface area contributed by atoms with Crippen LogP contribution in [0.25, 0.3) is 0 Å². The predicted molar refractivity (Wildman–Crippen MR) is 73.1 cm³/mol. The summed E-state index contributed by atoms with van der Waals surface area (Å²) in [6, 6.07) is 9.06. The van der Waals surface area contributed by atoms with E-state index in [9.17, 15) is 5.11 Å². The molecule has 0 aromatic heterocycles. The Labute approximate surface area is 110 Å². The Morgan fingerprint density at radius 3 is 2.44 bits per heavy atom. The summed E-state index contributed by atoms with van der Waals surface area (Å²) in [5, 5.41) is 10.3. The molecule has 18 heavy (non-hydrogen) atoms. The van der Waals surface area contributed by atoms with E-state index in [0.717, 1.165) is 25.4 Å². The second-order valence-corrected chi connectivity index (χ2v) is 5.90. The summed E-state index contributed by atoms with van der Waals surface area (Å²) in [7, 11) is 0. The van der Waals surface area contributed by atoms with Gasteiger partial charge in [-0.2, -0.15) is 0 Å². The molecule has 2 nitrogen and oxygen atoms in total. The average molecular weight is 245 g/mol. The largest absolute Gasteiger partial charge is 0.391 e. The third-order valence-electron chi connectivity index (χ3n) is 4.80. The molecule has 0 radical (unpaired) electrons. The molecule has 0 spiro atoms. The lowest BCUT2D eigenvalue weighted by atomic mass is 9.82. The lowest BCUT2D eigenvalue weighted by Crippen LogP contribution is -2.44. The zero-order valence-corrected chi connectivity index (χ0v) is 11.2. The summed E-state index contributed by atoms with van der Waals surface area (Å²) < 4.78 is 0. The third kappa shape index (κ3) is 2.19. The molecule has 1 aliphatic carbocycles. The van der Waals surface area contributed by atoms with E-state index >= 15 is 0 Å². The first kappa shape index (κ1) is 12.2. The normalized spacial score (nSPS) is 32.4. The highest BCUT2D eigenvalue weighted by molar-refractivity contribution is 5.30. The van der Waals surface area contributed by atoms with E-state index in [1.54, 1.807) is 0 Å². The van der Waals surface area contributed by atoms with Crippen LogP contribution in [-0.2, 0) is 13.1 Å². The summed E-state index contributed by atoms with van der Waals surface area (Å²) in [6.45, 7) is 4.32. The zero-order valence-electron chi connectivity index (χ0n) is 11.2. The van der Waals surface area contributed by atoms with Gasteiger partial charge in [0.25, 0.3) is 0 Å². The highest BCUT2D eigenvalue weighted by atomic mass is 16.3. The van der Waals surface area contributed by atoms with Crippen molar-refractivity contribution in [2.75, 3.05) is 0 Å². The van der Waals surface area contributed by atoms with E-state index in [2.05, 4.69) is 36.1 Å². The lowest BCUT2D eigenvalue weighted by molar-refractivity contribution is 0.000239. The van der Waals surface area contributed by atoms with E-state index in [1.807, 2.05) is 0 Å². The molecule has 1 N–H and O–H groups in total. The van der Waals surface area contributed by atoms with E-state index in [-0.39, 0.29) is 6.10 Å². The molecular formula is C16H23NO. The van der Waals surface area contributed by atoms with Gasteiger partial charge in [0.2, 0.25) is 0 Å². The number of fused-ring (bicyclic) bond motifs is 1. The number of benzene rings is 1. The Hall–Kier alpha value is -0.860. The van der Waals surface area contributed by atoms with Gasteiger partial charge in [0, 0.05) is 19.1 Å². The van der Waals surface area contributed by atoms with Crippen LogP contribution in [0.2, 0.25) is 0 Å². The highest BCUT2D eigenvalue weighted by Gasteiger charge is 2.35. The van der Waals surface area contributed by atoms with Gasteiger partial charge < -0.3 is 5.11 Å². The van der Waals surface area contributed by atoms with Crippen molar-refractivity contribution >= 4 is 0 Å². The first-order valence-electron chi connectivity index (χ1n) is 7.26. The number of nitrogens with zero attached hydrogens (tertiary/aromatic N) is 1. The second kappa shape index (κ2) is 5.02. The topological polar surface area (TPSA) is 23.5 Å². The minimum Gasteiger partial charge on any atom is -0.391 e. The maximum Gasteiger partial charge on any atom is 0.0695 e. The van der Waals surface area contributed by atoms with Crippen LogP contribution in [0.3, 0.4) is 0 Å². The first-order valence-corrected chi connectivity index (χ1v) is 7.26. The smallest absolute Gasteiger partial charge is 0.0695 e. The van der Waals surface area contributed by atoms with Crippen molar-refractivity contribution in [1.29, 1.82) is 0 Å². The van der Waals surface area contributed by atoms with Crippen LogP contribution in [0.5, 0.6) is 0 Å². The molecule has 3 atom stereocenters. The molecule has 98 valence electrons. The van der Waals surface area contributed by atoms with E-state index in [4.69, 9.17) is 0 Å². The minimum absolute atomic E-state index is 0.123. The number of rotatable bonds is 2. The fourth-order valence-corrected chi connectivity index (χ4v) is 3.57. The van der Waals surface area contributed by atoms with E-state index in [0.29, 0.717) is 6.04 Å². The Bertz CT molecular complexity index is 392. The van der Waals surface area contributed by atoms with Crippen molar-refractivity contribution < 1.29 is 5.11 Å². The van der Waals surface area contributed by atoms with Crippen LogP contribution < -0.4 is 0 Å². The van der Waals surface area contributed by atoms with Gasteiger partial charge in [-0.25, -0.2) is 0 Å². The number of hydrogen-bond donors (Lipinski definition) is 1. The van der Waals surface area contributed by atoms with Gasteiger partial charge in [-0.1, -0.05) is 37.6 Å². The predicted octanol–water partition coefficient (Wildman–Crippen LogP) is 2.94. The van der Waals surface area contributed by atoms with Crippen LogP contribution in [-0.4, -0.2) is 22.2 Å². The van der Waals surface area contributed by atoms with Crippen LogP contribution in [0.1, 0.15) is 43.7 Å². The van der Waals surface area contributed by atoms with Crippen molar-refractivity contribution in [2.24, 2.45) is 5.92 Å². The van der Waals surface area contributed by atoms with Gasteiger partial charge in [0.05, 0.1) is 6.10 Å². The molecule has 1 fully saturated rings. The molecule has 3 unspecified atom stereocenters. The molecule has 0 bridgehead atoms. The Kier molecular flexibility index (Phi) is 3.40.